The Bertz CT molecular complexity index is 505. The number of esters is 1. The number of aliphatic carboxylic acids is 1. The SMILES string of the molecule is CC(C)(O)CCc1ccccc1.CCC(CCCCOC(C)=O)C(=O)O. The monoisotopic (exact) mass is 366 g/mol. The summed E-state index contributed by atoms with van der Waals surface area (Å²) in [7, 11) is 0. The van der Waals surface area contributed by atoms with Crippen LogP contribution in [0.1, 0.15) is 65.4 Å². The van der Waals surface area contributed by atoms with E-state index in [-0.39, 0.29) is 11.9 Å². The van der Waals surface area contributed by atoms with Gasteiger partial charge in [0.2, 0.25) is 0 Å². The predicted molar refractivity (Wildman–Crippen MR) is 103 cm³/mol. The molecule has 1 unspecified atom stereocenters. The minimum absolute atomic E-state index is 0.257. The fourth-order valence-corrected chi connectivity index (χ4v) is 2.31. The molecule has 5 heteroatoms. The van der Waals surface area contributed by atoms with Gasteiger partial charge in [0.05, 0.1) is 18.1 Å². The van der Waals surface area contributed by atoms with Crippen LogP contribution < -0.4 is 0 Å². The van der Waals surface area contributed by atoms with Crippen LogP contribution in [0.4, 0.5) is 0 Å². The van der Waals surface area contributed by atoms with Crippen molar-refractivity contribution in [1.29, 1.82) is 0 Å². The van der Waals surface area contributed by atoms with Gasteiger partial charge in [-0.3, -0.25) is 9.59 Å². The molecule has 0 saturated heterocycles. The molecule has 0 bridgehead atoms. The molecule has 1 aromatic carbocycles. The smallest absolute Gasteiger partial charge is 0.306 e. The van der Waals surface area contributed by atoms with Crippen molar-refractivity contribution >= 4 is 11.9 Å². The summed E-state index contributed by atoms with van der Waals surface area (Å²) in [6, 6.07) is 10.2. The van der Waals surface area contributed by atoms with E-state index in [1.165, 1.54) is 12.5 Å². The molecule has 148 valence electrons. The van der Waals surface area contributed by atoms with Crippen molar-refractivity contribution in [3.05, 3.63) is 35.9 Å². The van der Waals surface area contributed by atoms with E-state index in [0.29, 0.717) is 19.4 Å². The van der Waals surface area contributed by atoms with E-state index >= 15 is 0 Å². The van der Waals surface area contributed by atoms with Crippen LogP contribution in [0.15, 0.2) is 30.3 Å². The third-order valence-corrected chi connectivity index (χ3v) is 3.96. The van der Waals surface area contributed by atoms with Crippen molar-refractivity contribution < 1.29 is 24.5 Å². The molecule has 0 spiro atoms. The largest absolute Gasteiger partial charge is 0.481 e. The molecule has 0 fully saturated rings. The van der Waals surface area contributed by atoms with Crippen LogP contribution in [0.5, 0.6) is 0 Å². The van der Waals surface area contributed by atoms with E-state index < -0.39 is 11.6 Å². The molecule has 1 aromatic rings. The van der Waals surface area contributed by atoms with Gasteiger partial charge in [-0.15, -0.1) is 0 Å². The summed E-state index contributed by atoms with van der Waals surface area (Å²) in [5.74, 6) is -1.28. The van der Waals surface area contributed by atoms with Gasteiger partial charge in [-0.2, -0.15) is 0 Å². The van der Waals surface area contributed by atoms with Crippen LogP contribution >= 0.6 is 0 Å². The molecule has 5 nitrogen and oxygen atoms in total. The number of aryl methyl sites for hydroxylation is 1. The molecule has 0 saturated carbocycles. The Morgan fingerprint density at radius 1 is 1.15 bits per heavy atom. The van der Waals surface area contributed by atoms with Gasteiger partial charge in [-0.1, -0.05) is 37.3 Å². The van der Waals surface area contributed by atoms with E-state index in [1.54, 1.807) is 0 Å². The highest BCUT2D eigenvalue weighted by molar-refractivity contribution is 5.69. The van der Waals surface area contributed by atoms with Crippen LogP contribution in [-0.2, 0) is 20.7 Å². The second-order valence-corrected chi connectivity index (χ2v) is 7.08. The number of aliphatic hydroxyl groups is 1. The number of carboxylic acid groups (broad SMARTS) is 1. The van der Waals surface area contributed by atoms with Crippen LogP contribution in [0.25, 0.3) is 0 Å². The van der Waals surface area contributed by atoms with E-state index in [9.17, 15) is 14.7 Å². The molecule has 0 aliphatic carbocycles. The van der Waals surface area contributed by atoms with Crippen molar-refractivity contribution in [3.63, 3.8) is 0 Å². The maximum atomic E-state index is 10.6. The Kier molecular flexibility index (Phi) is 12.4. The zero-order chi connectivity index (χ0) is 20.0. The van der Waals surface area contributed by atoms with Crippen LogP contribution in [-0.4, -0.2) is 34.4 Å². The zero-order valence-electron chi connectivity index (χ0n) is 16.5. The highest BCUT2D eigenvalue weighted by Gasteiger charge is 2.13. The first-order valence-electron chi connectivity index (χ1n) is 9.28. The van der Waals surface area contributed by atoms with Gasteiger partial charge in [-0.25, -0.2) is 0 Å². The minimum Gasteiger partial charge on any atom is -0.481 e. The first-order valence-corrected chi connectivity index (χ1v) is 9.28. The maximum absolute atomic E-state index is 10.6. The second kappa shape index (κ2) is 13.3. The summed E-state index contributed by atoms with van der Waals surface area (Å²) < 4.78 is 4.73. The first kappa shape index (κ1) is 24.1. The third kappa shape index (κ3) is 14.5. The Balaban J connectivity index is 0.000000485. The fourth-order valence-electron chi connectivity index (χ4n) is 2.31. The number of carbonyl (C=O) groups excluding carboxylic acids is 1. The highest BCUT2D eigenvalue weighted by atomic mass is 16.5. The fraction of sp³-hybridized carbons (Fsp3) is 0.619. The Morgan fingerprint density at radius 3 is 2.23 bits per heavy atom. The van der Waals surface area contributed by atoms with Gasteiger partial charge in [-0.05, 0) is 57.9 Å². The van der Waals surface area contributed by atoms with Gasteiger partial charge in [0, 0.05) is 6.92 Å². The van der Waals surface area contributed by atoms with Crippen molar-refractivity contribution in [3.8, 4) is 0 Å². The second-order valence-electron chi connectivity index (χ2n) is 7.08. The lowest BCUT2D eigenvalue weighted by atomic mass is 9.99. The van der Waals surface area contributed by atoms with Gasteiger partial charge in [0.25, 0.3) is 0 Å². The summed E-state index contributed by atoms with van der Waals surface area (Å²) in [5, 5.41) is 18.2. The molecule has 1 atom stereocenters. The van der Waals surface area contributed by atoms with Crippen molar-refractivity contribution in [2.75, 3.05) is 6.61 Å². The lowest BCUT2D eigenvalue weighted by molar-refractivity contribution is -0.143. The minimum atomic E-state index is -0.736. The molecule has 0 aliphatic rings. The molecule has 0 aliphatic heterocycles. The summed E-state index contributed by atoms with van der Waals surface area (Å²) in [4.78, 5) is 21.0. The molecule has 0 heterocycles. The van der Waals surface area contributed by atoms with E-state index in [2.05, 4.69) is 12.1 Å². The molecular weight excluding hydrogens is 332 g/mol. The average molecular weight is 366 g/mol. The van der Waals surface area contributed by atoms with Crippen molar-refractivity contribution in [2.24, 2.45) is 5.92 Å². The quantitative estimate of drug-likeness (QED) is 0.478. The third-order valence-electron chi connectivity index (χ3n) is 3.96. The zero-order valence-corrected chi connectivity index (χ0v) is 16.5. The molecule has 2 N–H and O–H groups in total. The standard InChI is InChI=1S/C11H16O.C10H18O4/c1-11(2,12)9-8-10-6-4-3-5-7-10;1-3-9(10(12)13)6-4-5-7-14-8(2)11/h3-7,12H,8-9H2,1-2H3;9H,3-7H2,1-2H3,(H,12,13). The Hall–Kier alpha value is -1.88. The van der Waals surface area contributed by atoms with E-state index in [0.717, 1.165) is 25.7 Å². The van der Waals surface area contributed by atoms with Crippen LogP contribution in [0.2, 0.25) is 0 Å². The molecule has 0 amide bonds. The van der Waals surface area contributed by atoms with E-state index in [1.807, 2.05) is 39.0 Å². The number of ether oxygens (including phenoxy) is 1. The predicted octanol–water partition coefficient (Wildman–Crippen LogP) is 4.22. The summed E-state index contributed by atoms with van der Waals surface area (Å²) >= 11 is 0. The number of hydrogen-bond acceptors (Lipinski definition) is 4. The molecule has 26 heavy (non-hydrogen) atoms. The summed E-state index contributed by atoms with van der Waals surface area (Å²) in [6.07, 6.45) is 4.61. The number of carbonyl (C=O) groups is 2. The van der Waals surface area contributed by atoms with Gasteiger partial charge < -0.3 is 14.9 Å². The highest BCUT2D eigenvalue weighted by Crippen LogP contribution is 2.13. The van der Waals surface area contributed by atoms with Gasteiger partial charge >= 0.3 is 11.9 Å². The molecular formula is C21H34O5. The Morgan fingerprint density at radius 2 is 1.77 bits per heavy atom. The Labute approximate surface area is 157 Å². The van der Waals surface area contributed by atoms with Gasteiger partial charge in [0.1, 0.15) is 0 Å². The normalized spacial score (nSPS) is 11.9. The molecule has 0 aromatic heterocycles. The van der Waals surface area contributed by atoms with Crippen molar-refractivity contribution in [2.45, 2.75) is 71.8 Å². The number of benzene rings is 1. The number of hydrogen-bond donors (Lipinski definition) is 2. The lowest BCUT2D eigenvalue weighted by Gasteiger charge is -2.16. The first-order chi connectivity index (χ1) is 12.2. The number of unbranched alkanes of at least 4 members (excludes halogenated alkanes) is 1. The van der Waals surface area contributed by atoms with E-state index in [4.69, 9.17) is 9.84 Å². The average Bonchev–Trinajstić information content (AvgIpc) is 2.56. The van der Waals surface area contributed by atoms with Crippen LogP contribution in [0.3, 0.4) is 0 Å². The molecule has 0 radical (unpaired) electrons. The molecule has 1 rings (SSSR count). The number of rotatable bonds is 10. The lowest BCUT2D eigenvalue weighted by Crippen LogP contribution is -2.19. The summed E-state index contributed by atoms with van der Waals surface area (Å²) in [5.41, 5.74) is 0.746. The number of carboxylic acids is 1. The topological polar surface area (TPSA) is 83.8 Å². The van der Waals surface area contributed by atoms with Gasteiger partial charge in [0.15, 0.2) is 0 Å². The van der Waals surface area contributed by atoms with Crippen molar-refractivity contribution in [1.82, 2.24) is 0 Å². The maximum Gasteiger partial charge on any atom is 0.306 e. The summed E-state index contributed by atoms with van der Waals surface area (Å²) in [6.45, 7) is 7.31. The van der Waals surface area contributed by atoms with Crippen LogP contribution in [0, 0.1) is 5.92 Å².